The molecule has 1 fully saturated rings. The Bertz CT molecular complexity index is 975. The van der Waals surface area contributed by atoms with E-state index >= 15 is 0 Å². The zero-order chi connectivity index (χ0) is 26.3. The quantitative estimate of drug-likeness (QED) is 0.219. The Labute approximate surface area is 223 Å². The summed E-state index contributed by atoms with van der Waals surface area (Å²) >= 11 is 0. The maximum atomic E-state index is 12.1. The number of aryl methyl sites for hydroxylation is 1. The fourth-order valence-electron chi connectivity index (χ4n) is 5.67. The van der Waals surface area contributed by atoms with Crippen molar-refractivity contribution in [3.63, 3.8) is 0 Å². The third-order valence-corrected chi connectivity index (χ3v) is 8.11. The summed E-state index contributed by atoms with van der Waals surface area (Å²) in [5, 5.41) is 19.7. The molecule has 0 aliphatic heterocycles. The second-order valence-corrected chi connectivity index (χ2v) is 10.9. The smallest absolute Gasteiger partial charge is 0.328 e. The van der Waals surface area contributed by atoms with E-state index < -0.39 is 11.4 Å². The summed E-state index contributed by atoms with van der Waals surface area (Å²) in [4.78, 5) is 21.2. The second-order valence-electron chi connectivity index (χ2n) is 10.9. The number of rotatable bonds is 17. The highest BCUT2D eigenvalue weighted by molar-refractivity contribution is 5.85. The van der Waals surface area contributed by atoms with Crippen molar-refractivity contribution in [2.75, 3.05) is 0 Å². The van der Waals surface area contributed by atoms with Gasteiger partial charge < -0.3 is 5.11 Å². The van der Waals surface area contributed by atoms with Crippen molar-refractivity contribution in [2.24, 2.45) is 5.92 Å². The molecule has 1 aliphatic carbocycles. The van der Waals surface area contributed by atoms with Crippen LogP contribution in [0.2, 0.25) is 0 Å². The van der Waals surface area contributed by atoms with Crippen LogP contribution in [0.15, 0.2) is 36.7 Å². The molecule has 37 heavy (non-hydrogen) atoms. The first-order chi connectivity index (χ1) is 18.1. The molecule has 200 valence electrons. The summed E-state index contributed by atoms with van der Waals surface area (Å²) in [5.41, 5.74) is 1.00. The van der Waals surface area contributed by atoms with Gasteiger partial charge in [-0.15, -0.1) is 0 Å². The van der Waals surface area contributed by atoms with Crippen molar-refractivity contribution < 1.29 is 9.90 Å². The molecule has 0 bridgehead atoms. The maximum absolute atomic E-state index is 12.1. The molecule has 3 rings (SSSR count). The van der Waals surface area contributed by atoms with Gasteiger partial charge in [-0.3, -0.25) is 4.79 Å². The zero-order valence-electron chi connectivity index (χ0n) is 22.8. The van der Waals surface area contributed by atoms with Crippen molar-refractivity contribution >= 4 is 5.97 Å². The number of hydrogen-bond acceptors (Lipinski definition) is 4. The number of benzene rings is 1. The maximum Gasteiger partial charge on any atom is 0.328 e. The highest BCUT2D eigenvalue weighted by Crippen LogP contribution is 2.32. The topological polar surface area (TPSA) is 86.9 Å². The van der Waals surface area contributed by atoms with E-state index in [0.717, 1.165) is 49.1 Å². The van der Waals surface area contributed by atoms with Crippen molar-refractivity contribution in [3.05, 3.63) is 47.8 Å². The number of unbranched alkanes of at least 4 members (excludes halogenated alkanes) is 8. The van der Waals surface area contributed by atoms with Crippen molar-refractivity contribution in [3.8, 4) is 17.5 Å². The Hall–Kier alpha value is -2.74. The summed E-state index contributed by atoms with van der Waals surface area (Å²) in [6, 6.07) is 9.25. The molecule has 0 saturated heterocycles. The minimum atomic E-state index is -1.51. The Kier molecular flexibility index (Phi) is 12.1. The van der Waals surface area contributed by atoms with Crippen LogP contribution in [-0.2, 0) is 16.6 Å². The predicted molar refractivity (Wildman–Crippen MR) is 149 cm³/mol. The Morgan fingerprint density at radius 1 is 0.946 bits per heavy atom. The molecule has 5 heteroatoms. The first-order valence-corrected chi connectivity index (χ1v) is 14.7. The average molecular weight is 504 g/mol. The third-order valence-electron chi connectivity index (χ3n) is 8.11. The summed E-state index contributed by atoms with van der Waals surface area (Å²) in [6.07, 6.45) is 24.1. The Morgan fingerprint density at radius 2 is 1.57 bits per heavy atom. The molecular weight excluding hydrogens is 458 g/mol. The molecule has 1 heterocycles. The highest BCUT2D eigenvalue weighted by Gasteiger charge is 2.40. The SMILES string of the molecule is CCCCCC[C@](C#N)(C(=O)O)c1ccc(-c2ncc(CCCCCCCCC3CCCC3)cn2)cc1. The molecule has 5 nitrogen and oxygen atoms in total. The van der Waals surface area contributed by atoms with E-state index in [-0.39, 0.29) is 0 Å². The molecule has 1 saturated carbocycles. The zero-order valence-corrected chi connectivity index (χ0v) is 22.8. The molecular formula is C32H45N3O2. The van der Waals surface area contributed by atoms with E-state index in [1.165, 1.54) is 70.6 Å². The molecule has 2 aromatic rings. The fourth-order valence-corrected chi connectivity index (χ4v) is 5.67. The van der Waals surface area contributed by atoms with Gasteiger partial charge in [0.1, 0.15) is 0 Å². The van der Waals surface area contributed by atoms with E-state index in [1.54, 1.807) is 12.1 Å². The van der Waals surface area contributed by atoms with Crippen LogP contribution < -0.4 is 0 Å². The van der Waals surface area contributed by atoms with Crippen LogP contribution >= 0.6 is 0 Å². The van der Waals surface area contributed by atoms with Crippen LogP contribution in [0.4, 0.5) is 0 Å². The van der Waals surface area contributed by atoms with E-state index in [0.29, 0.717) is 17.8 Å². The van der Waals surface area contributed by atoms with Gasteiger partial charge in [0, 0.05) is 18.0 Å². The van der Waals surface area contributed by atoms with Crippen LogP contribution in [0.1, 0.15) is 121 Å². The van der Waals surface area contributed by atoms with E-state index in [1.807, 2.05) is 24.5 Å². The Morgan fingerprint density at radius 3 is 2.19 bits per heavy atom. The number of carboxylic acids is 1. The van der Waals surface area contributed by atoms with Crippen LogP contribution in [0.3, 0.4) is 0 Å². The first-order valence-electron chi connectivity index (χ1n) is 14.7. The van der Waals surface area contributed by atoms with E-state index in [4.69, 9.17) is 0 Å². The number of carboxylic acid groups (broad SMARTS) is 1. The number of carbonyl (C=O) groups is 1. The van der Waals surface area contributed by atoms with Crippen molar-refractivity contribution in [2.45, 2.75) is 121 Å². The van der Waals surface area contributed by atoms with Gasteiger partial charge in [0.2, 0.25) is 0 Å². The highest BCUT2D eigenvalue weighted by atomic mass is 16.4. The van der Waals surface area contributed by atoms with Gasteiger partial charge in [0.05, 0.1) is 6.07 Å². The van der Waals surface area contributed by atoms with Crippen LogP contribution in [0.5, 0.6) is 0 Å². The molecule has 1 aliphatic rings. The largest absolute Gasteiger partial charge is 0.480 e. The minimum Gasteiger partial charge on any atom is -0.480 e. The number of hydrogen-bond donors (Lipinski definition) is 1. The van der Waals surface area contributed by atoms with Crippen molar-refractivity contribution in [1.29, 1.82) is 5.26 Å². The van der Waals surface area contributed by atoms with E-state index in [2.05, 4.69) is 23.0 Å². The lowest BCUT2D eigenvalue weighted by atomic mass is 9.77. The molecule has 0 unspecified atom stereocenters. The predicted octanol–water partition coefficient (Wildman–Crippen LogP) is 8.42. The van der Waals surface area contributed by atoms with Gasteiger partial charge in [0.25, 0.3) is 0 Å². The van der Waals surface area contributed by atoms with Crippen molar-refractivity contribution in [1.82, 2.24) is 9.97 Å². The molecule has 0 amide bonds. The summed E-state index contributed by atoms with van der Waals surface area (Å²) in [5.74, 6) is 0.569. The first kappa shape index (κ1) is 28.8. The molecule has 0 spiro atoms. The normalized spacial score (nSPS) is 15.4. The minimum absolute atomic E-state index is 0.323. The number of nitriles is 1. The third kappa shape index (κ3) is 8.66. The summed E-state index contributed by atoms with van der Waals surface area (Å²) < 4.78 is 0. The fraction of sp³-hybridized carbons (Fsp3) is 0.625. The molecule has 1 atom stereocenters. The van der Waals surface area contributed by atoms with Gasteiger partial charge in [-0.2, -0.15) is 5.26 Å². The second kappa shape index (κ2) is 15.5. The molecule has 0 radical (unpaired) electrons. The lowest BCUT2D eigenvalue weighted by Crippen LogP contribution is -2.34. The Balaban J connectivity index is 1.44. The lowest BCUT2D eigenvalue weighted by Gasteiger charge is -2.22. The van der Waals surface area contributed by atoms with E-state index in [9.17, 15) is 15.2 Å². The van der Waals surface area contributed by atoms with Gasteiger partial charge >= 0.3 is 5.97 Å². The number of nitrogens with zero attached hydrogens (tertiary/aromatic N) is 3. The van der Waals surface area contributed by atoms with Gasteiger partial charge in [-0.25, -0.2) is 9.97 Å². The molecule has 1 aromatic heterocycles. The summed E-state index contributed by atoms with van der Waals surface area (Å²) in [6.45, 7) is 2.11. The standard InChI is InChI=1S/C32H45N3O2/c1-2-3-4-13-22-32(25-33,31(36)37)29-20-18-28(19-21-29)30-34-23-27(24-35-30)17-10-8-6-5-7-9-14-26-15-11-12-16-26/h18-21,23-24,26H,2-17,22H2,1H3,(H,36,37)/t32-/m1/s1. The van der Waals surface area contributed by atoms with Gasteiger partial charge in [-0.05, 0) is 36.3 Å². The van der Waals surface area contributed by atoms with Crippen LogP contribution in [-0.4, -0.2) is 21.0 Å². The summed E-state index contributed by atoms with van der Waals surface area (Å²) in [7, 11) is 0. The lowest BCUT2D eigenvalue weighted by molar-refractivity contribution is -0.141. The van der Waals surface area contributed by atoms with Crippen LogP contribution in [0.25, 0.3) is 11.4 Å². The van der Waals surface area contributed by atoms with Crippen LogP contribution in [0, 0.1) is 17.2 Å². The monoisotopic (exact) mass is 503 g/mol. The molecule has 1 N–H and O–H groups in total. The van der Waals surface area contributed by atoms with Gasteiger partial charge in [0.15, 0.2) is 11.2 Å². The number of aromatic nitrogens is 2. The molecule has 1 aromatic carbocycles. The average Bonchev–Trinajstić information content (AvgIpc) is 3.44. The number of aliphatic carboxylic acids is 1. The van der Waals surface area contributed by atoms with Gasteiger partial charge in [-0.1, -0.05) is 121 Å².